The fourth-order valence-electron chi connectivity index (χ4n) is 3.57. The van der Waals surface area contributed by atoms with Gasteiger partial charge in [-0.05, 0) is 17.5 Å². The average Bonchev–Trinajstić information content (AvgIpc) is 3.20. The summed E-state index contributed by atoms with van der Waals surface area (Å²) in [5.74, 6) is -2.12. The highest BCUT2D eigenvalue weighted by Gasteiger charge is 2.32. The topological polar surface area (TPSA) is 128 Å². The Morgan fingerprint density at radius 2 is 1.45 bits per heavy atom. The van der Waals surface area contributed by atoms with Gasteiger partial charge >= 0.3 is 5.97 Å². The number of aliphatic hydroxyl groups is 1. The van der Waals surface area contributed by atoms with E-state index in [1.54, 1.807) is 24.3 Å². The van der Waals surface area contributed by atoms with Crippen LogP contribution >= 0.6 is 0 Å². The van der Waals surface area contributed by atoms with Crippen molar-refractivity contribution in [3.05, 3.63) is 71.8 Å². The number of rotatable bonds is 9. The molecule has 164 valence electrons. The highest BCUT2D eigenvalue weighted by atomic mass is 16.4. The summed E-state index contributed by atoms with van der Waals surface area (Å²) in [4.78, 5) is 37.4. The van der Waals surface area contributed by atoms with Gasteiger partial charge in [0.1, 0.15) is 12.1 Å². The molecule has 4 atom stereocenters. The minimum absolute atomic E-state index is 0.129. The number of nitrogens with one attached hydrogen (secondary N) is 3. The number of carboxylic acid groups (broad SMARTS) is 1. The second-order valence-electron chi connectivity index (χ2n) is 7.69. The van der Waals surface area contributed by atoms with Gasteiger partial charge in [0.15, 0.2) is 0 Å². The minimum Gasteiger partial charge on any atom is -0.480 e. The van der Waals surface area contributed by atoms with Crippen LogP contribution in [-0.2, 0) is 27.2 Å². The molecule has 1 unspecified atom stereocenters. The average molecular weight is 425 g/mol. The molecule has 3 rings (SSSR count). The highest BCUT2D eigenvalue weighted by Crippen LogP contribution is 2.10. The van der Waals surface area contributed by atoms with Gasteiger partial charge in [0.05, 0.1) is 12.1 Å². The lowest BCUT2D eigenvalue weighted by Gasteiger charge is -2.23. The van der Waals surface area contributed by atoms with E-state index in [1.165, 1.54) is 0 Å². The summed E-state index contributed by atoms with van der Waals surface area (Å²) in [6.07, 6.45) is -0.00757. The first-order valence-electron chi connectivity index (χ1n) is 10.2. The zero-order chi connectivity index (χ0) is 22.2. The van der Waals surface area contributed by atoms with Crippen molar-refractivity contribution in [2.45, 2.75) is 43.5 Å². The van der Waals surface area contributed by atoms with Crippen LogP contribution < -0.4 is 16.0 Å². The molecule has 8 heteroatoms. The second kappa shape index (κ2) is 10.7. The molecule has 0 saturated carbocycles. The second-order valence-corrected chi connectivity index (χ2v) is 7.69. The van der Waals surface area contributed by atoms with Crippen molar-refractivity contribution in [3.63, 3.8) is 0 Å². The van der Waals surface area contributed by atoms with Crippen molar-refractivity contribution in [2.24, 2.45) is 0 Å². The number of β-amino-alcohol motifs (C(OH)–C–C–N with tert-alkyl or cyclic N) is 1. The molecule has 1 heterocycles. The van der Waals surface area contributed by atoms with E-state index in [2.05, 4.69) is 16.0 Å². The zero-order valence-electron chi connectivity index (χ0n) is 17.0. The summed E-state index contributed by atoms with van der Waals surface area (Å²) in [5, 5.41) is 27.5. The van der Waals surface area contributed by atoms with Crippen molar-refractivity contribution in [1.82, 2.24) is 16.0 Å². The molecule has 1 aliphatic heterocycles. The summed E-state index contributed by atoms with van der Waals surface area (Å²) >= 11 is 0. The summed E-state index contributed by atoms with van der Waals surface area (Å²) < 4.78 is 0. The normalized spacial score (nSPS) is 19.9. The Labute approximate surface area is 180 Å². The maximum absolute atomic E-state index is 13.0. The highest BCUT2D eigenvalue weighted by molar-refractivity contribution is 5.92. The first kappa shape index (κ1) is 22.5. The number of amides is 2. The van der Waals surface area contributed by atoms with Crippen LogP contribution in [0, 0.1) is 0 Å². The number of aliphatic hydroxyl groups excluding tert-OH is 1. The Kier molecular flexibility index (Phi) is 7.75. The van der Waals surface area contributed by atoms with E-state index in [0.717, 1.165) is 11.1 Å². The van der Waals surface area contributed by atoms with Gasteiger partial charge in [-0.2, -0.15) is 0 Å². The number of hydrogen-bond donors (Lipinski definition) is 5. The first-order chi connectivity index (χ1) is 14.9. The molecule has 2 aromatic carbocycles. The lowest BCUT2D eigenvalue weighted by Crippen LogP contribution is -2.55. The standard InChI is InChI=1S/C23H27N3O5/c27-17-13-18(24-14-17)21(28)25-19(11-15-7-3-1-4-8-15)22(29)26-20(23(30)31)12-16-9-5-2-6-10-16/h1-10,17-20,24,27H,11-14H2,(H,25,28)(H,26,29)(H,30,31)/t17?,18-,19-,20-/m0/s1. The number of carboxylic acids is 1. The molecule has 0 aliphatic carbocycles. The smallest absolute Gasteiger partial charge is 0.326 e. The fourth-order valence-corrected chi connectivity index (χ4v) is 3.57. The molecule has 8 nitrogen and oxygen atoms in total. The van der Waals surface area contributed by atoms with E-state index in [9.17, 15) is 24.6 Å². The Bertz CT molecular complexity index is 891. The van der Waals surface area contributed by atoms with E-state index < -0.39 is 42.0 Å². The summed E-state index contributed by atoms with van der Waals surface area (Å²) in [6, 6.07) is 15.5. The predicted molar refractivity (Wildman–Crippen MR) is 114 cm³/mol. The predicted octanol–water partition coefficient (Wildman–Crippen LogP) is 0.249. The molecule has 2 amide bonds. The molecular formula is C23H27N3O5. The molecule has 0 aromatic heterocycles. The van der Waals surface area contributed by atoms with Gasteiger partial charge in [0.25, 0.3) is 0 Å². The van der Waals surface area contributed by atoms with Gasteiger partial charge in [0, 0.05) is 19.4 Å². The van der Waals surface area contributed by atoms with Crippen LogP contribution in [0.25, 0.3) is 0 Å². The summed E-state index contributed by atoms with van der Waals surface area (Å²) in [7, 11) is 0. The quantitative estimate of drug-likeness (QED) is 0.392. The number of carbonyl (C=O) groups excluding carboxylic acids is 2. The number of carbonyl (C=O) groups is 3. The molecule has 1 saturated heterocycles. The molecular weight excluding hydrogens is 398 g/mol. The molecule has 5 N–H and O–H groups in total. The number of hydrogen-bond acceptors (Lipinski definition) is 5. The maximum Gasteiger partial charge on any atom is 0.326 e. The van der Waals surface area contributed by atoms with Crippen LogP contribution in [0.4, 0.5) is 0 Å². The van der Waals surface area contributed by atoms with E-state index in [0.29, 0.717) is 6.54 Å². The Morgan fingerprint density at radius 1 is 0.903 bits per heavy atom. The fraction of sp³-hybridized carbons (Fsp3) is 0.348. The lowest BCUT2D eigenvalue weighted by molar-refractivity contribution is -0.142. The van der Waals surface area contributed by atoms with Crippen molar-refractivity contribution in [2.75, 3.05) is 6.54 Å². The van der Waals surface area contributed by atoms with E-state index in [4.69, 9.17) is 0 Å². The van der Waals surface area contributed by atoms with Gasteiger partial charge in [0.2, 0.25) is 11.8 Å². The molecule has 1 aliphatic rings. The van der Waals surface area contributed by atoms with Crippen LogP contribution in [0.2, 0.25) is 0 Å². The minimum atomic E-state index is -1.15. The van der Waals surface area contributed by atoms with E-state index in [1.807, 2.05) is 36.4 Å². The van der Waals surface area contributed by atoms with Crippen LogP contribution in [-0.4, -0.2) is 58.8 Å². The van der Waals surface area contributed by atoms with Gasteiger partial charge in [-0.15, -0.1) is 0 Å². The van der Waals surface area contributed by atoms with Gasteiger partial charge in [-0.25, -0.2) is 4.79 Å². The summed E-state index contributed by atoms with van der Waals surface area (Å²) in [5.41, 5.74) is 1.61. The van der Waals surface area contributed by atoms with E-state index >= 15 is 0 Å². The lowest BCUT2D eigenvalue weighted by atomic mass is 10.0. The Morgan fingerprint density at radius 3 is 1.94 bits per heavy atom. The van der Waals surface area contributed by atoms with Crippen molar-refractivity contribution in [3.8, 4) is 0 Å². The molecule has 0 bridgehead atoms. The van der Waals surface area contributed by atoms with Crippen LogP contribution in [0.15, 0.2) is 60.7 Å². The molecule has 1 fully saturated rings. The van der Waals surface area contributed by atoms with Gasteiger partial charge in [-0.3, -0.25) is 9.59 Å². The van der Waals surface area contributed by atoms with Crippen molar-refractivity contribution >= 4 is 17.8 Å². The van der Waals surface area contributed by atoms with Gasteiger partial charge in [-0.1, -0.05) is 60.7 Å². The zero-order valence-corrected chi connectivity index (χ0v) is 17.0. The van der Waals surface area contributed by atoms with Crippen molar-refractivity contribution < 1.29 is 24.6 Å². The maximum atomic E-state index is 13.0. The van der Waals surface area contributed by atoms with E-state index in [-0.39, 0.29) is 19.3 Å². The van der Waals surface area contributed by atoms with Crippen LogP contribution in [0.3, 0.4) is 0 Å². The molecule has 0 spiro atoms. The Hall–Kier alpha value is -3.23. The monoisotopic (exact) mass is 425 g/mol. The van der Waals surface area contributed by atoms with Crippen LogP contribution in [0.5, 0.6) is 0 Å². The van der Waals surface area contributed by atoms with Crippen LogP contribution in [0.1, 0.15) is 17.5 Å². The SMILES string of the molecule is O=C(O)[C@H](Cc1ccccc1)NC(=O)[C@H](Cc1ccccc1)NC(=O)[C@@H]1CC(O)CN1. The summed E-state index contributed by atoms with van der Waals surface area (Å²) in [6.45, 7) is 0.311. The number of benzene rings is 2. The first-order valence-corrected chi connectivity index (χ1v) is 10.2. The molecule has 31 heavy (non-hydrogen) atoms. The largest absolute Gasteiger partial charge is 0.480 e. The van der Waals surface area contributed by atoms with Crippen molar-refractivity contribution in [1.29, 1.82) is 0 Å². The third-order valence-electron chi connectivity index (χ3n) is 5.24. The third-order valence-corrected chi connectivity index (χ3v) is 5.24. The number of aliphatic carboxylic acids is 1. The molecule has 0 radical (unpaired) electrons. The van der Waals surface area contributed by atoms with Gasteiger partial charge < -0.3 is 26.2 Å². The Balaban J connectivity index is 1.72. The third kappa shape index (κ3) is 6.63. The molecule has 2 aromatic rings.